The Kier molecular flexibility index (Phi) is 5.60. The standard InChI is InChI=1S/C21H31NO2/c1-17(16-22-14-8-9-15-22)21(24-18(2)23)13-7-6-12-20(21)19-10-4-3-5-11-19/h3-5,10-11,17,20H,6-9,12-16H2,1-2H3. The molecule has 1 aromatic rings. The van der Waals surface area contributed by atoms with Gasteiger partial charge in [0.05, 0.1) is 0 Å². The second-order valence-corrected chi connectivity index (χ2v) is 7.67. The number of hydrogen-bond donors (Lipinski definition) is 0. The molecule has 1 aliphatic carbocycles. The minimum atomic E-state index is -0.353. The fraction of sp³-hybridized carbons (Fsp3) is 0.667. The third-order valence-corrected chi connectivity index (χ3v) is 6.00. The van der Waals surface area contributed by atoms with Crippen molar-refractivity contribution in [3.8, 4) is 0 Å². The van der Waals surface area contributed by atoms with Crippen LogP contribution in [0.3, 0.4) is 0 Å². The van der Waals surface area contributed by atoms with Crippen molar-refractivity contribution < 1.29 is 9.53 Å². The molecular weight excluding hydrogens is 298 g/mol. The zero-order chi connectivity index (χ0) is 17.0. The van der Waals surface area contributed by atoms with E-state index in [1.165, 1.54) is 37.9 Å². The molecule has 24 heavy (non-hydrogen) atoms. The Hall–Kier alpha value is -1.35. The lowest BCUT2D eigenvalue weighted by Gasteiger charge is -2.48. The highest BCUT2D eigenvalue weighted by atomic mass is 16.6. The van der Waals surface area contributed by atoms with Crippen LogP contribution in [0.1, 0.15) is 63.9 Å². The van der Waals surface area contributed by atoms with Crippen LogP contribution in [-0.2, 0) is 9.53 Å². The first kappa shape index (κ1) is 17.5. The summed E-state index contributed by atoms with van der Waals surface area (Å²) in [7, 11) is 0. The van der Waals surface area contributed by atoms with Crippen LogP contribution in [0.25, 0.3) is 0 Å². The number of ether oxygens (including phenoxy) is 1. The van der Waals surface area contributed by atoms with Crippen molar-refractivity contribution in [2.75, 3.05) is 19.6 Å². The molecule has 1 aliphatic heterocycles. The minimum absolute atomic E-state index is 0.133. The van der Waals surface area contributed by atoms with Crippen LogP contribution in [0.4, 0.5) is 0 Å². The second kappa shape index (κ2) is 7.69. The van der Waals surface area contributed by atoms with Crippen LogP contribution < -0.4 is 0 Å². The molecule has 0 N–H and O–H groups in total. The molecule has 0 bridgehead atoms. The number of likely N-dealkylation sites (tertiary alicyclic amines) is 1. The summed E-state index contributed by atoms with van der Waals surface area (Å²) in [4.78, 5) is 14.5. The Morgan fingerprint density at radius 1 is 1.21 bits per heavy atom. The van der Waals surface area contributed by atoms with Crippen molar-refractivity contribution in [2.45, 2.75) is 63.9 Å². The summed E-state index contributed by atoms with van der Waals surface area (Å²) in [6.07, 6.45) is 7.08. The monoisotopic (exact) mass is 329 g/mol. The van der Waals surface area contributed by atoms with E-state index in [0.29, 0.717) is 11.8 Å². The molecule has 3 rings (SSSR count). The van der Waals surface area contributed by atoms with Gasteiger partial charge >= 0.3 is 5.97 Å². The summed E-state index contributed by atoms with van der Waals surface area (Å²) in [6, 6.07) is 10.7. The van der Waals surface area contributed by atoms with Gasteiger partial charge in [-0.25, -0.2) is 0 Å². The maximum atomic E-state index is 12.0. The molecular formula is C21H31NO2. The summed E-state index contributed by atoms with van der Waals surface area (Å²) in [6.45, 7) is 7.28. The molecule has 0 radical (unpaired) electrons. The van der Waals surface area contributed by atoms with Gasteiger partial charge in [0.2, 0.25) is 0 Å². The van der Waals surface area contributed by atoms with E-state index in [9.17, 15) is 4.79 Å². The maximum absolute atomic E-state index is 12.0. The van der Waals surface area contributed by atoms with Gasteiger partial charge in [0.25, 0.3) is 0 Å². The van der Waals surface area contributed by atoms with Crippen LogP contribution in [0.15, 0.2) is 30.3 Å². The summed E-state index contributed by atoms with van der Waals surface area (Å²) >= 11 is 0. The first-order valence-electron chi connectivity index (χ1n) is 9.59. The van der Waals surface area contributed by atoms with E-state index in [2.05, 4.69) is 42.2 Å². The van der Waals surface area contributed by atoms with E-state index in [1.807, 2.05) is 0 Å². The Morgan fingerprint density at radius 3 is 2.58 bits per heavy atom. The van der Waals surface area contributed by atoms with Gasteiger partial charge in [0, 0.05) is 25.3 Å². The SMILES string of the molecule is CC(=O)OC1(C(C)CN2CCCC2)CCCCC1c1ccccc1. The summed E-state index contributed by atoms with van der Waals surface area (Å²) in [5.41, 5.74) is 0.973. The average molecular weight is 329 g/mol. The first-order valence-corrected chi connectivity index (χ1v) is 9.59. The molecule has 0 aromatic heterocycles. The summed E-state index contributed by atoms with van der Waals surface area (Å²) < 4.78 is 6.15. The summed E-state index contributed by atoms with van der Waals surface area (Å²) in [5, 5.41) is 0. The number of nitrogens with zero attached hydrogens (tertiary/aromatic N) is 1. The molecule has 1 saturated heterocycles. The number of benzene rings is 1. The molecule has 3 atom stereocenters. The predicted molar refractivity (Wildman–Crippen MR) is 97.0 cm³/mol. The van der Waals surface area contributed by atoms with Gasteiger partial charge in [-0.15, -0.1) is 0 Å². The normalized spacial score (nSPS) is 29.3. The zero-order valence-electron chi connectivity index (χ0n) is 15.2. The van der Waals surface area contributed by atoms with Crippen molar-refractivity contribution >= 4 is 5.97 Å². The third kappa shape index (κ3) is 3.66. The molecule has 132 valence electrons. The molecule has 2 fully saturated rings. The van der Waals surface area contributed by atoms with Crippen LogP contribution in [0.5, 0.6) is 0 Å². The van der Waals surface area contributed by atoms with E-state index in [0.717, 1.165) is 25.8 Å². The van der Waals surface area contributed by atoms with Crippen LogP contribution in [0.2, 0.25) is 0 Å². The average Bonchev–Trinajstić information content (AvgIpc) is 3.08. The minimum Gasteiger partial charge on any atom is -0.458 e. The Labute approximate surface area is 146 Å². The first-order chi connectivity index (χ1) is 11.6. The number of hydrogen-bond acceptors (Lipinski definition) is 3. The molecule has 0 amide bonds. The Balaban J connectivity index is 1.90. The number of carbonyl (C=O) groups is 1. The van der Waals surface area contributed by atoms with E-state index >= 15 is 0 Å². The van der Waals surface area contributed by atoms with Gasteiger partial charge in [-0.05, 0) is 50.8 Å². The van der Waals surface area contributed by atoms with E-state index in [1.54, 1.807) is 6.92 Å². The van der Waals surface area contributed by atoms with Gasteiger partial charge in [0.1, 0.15) is 5.60 Å². The van der Waals surface area contributed by atoms with Gasteiger partial charge in [-0.3, -0.25) is 4.79 Å². The molecule has 3 nitrogen and oxygen atoms in total. The molecule has 0 spiro atoms. The van der Waals surface area contributed by atoms with Crippen LogP contribution in [0, 0.1) is 5.92 Å². The Morgan fingerprint density at radius 2 is 1.92 bits per heavy atom. The van der Waals surface area contributed by atoms with E-state index in [-0.39, 0.29) is 11.6 Å². The second-order valence-electron chi connectivity index (χ2n) is 7.67. The Bertz CT molecular complexity index is 538. The van der Waals surface area contributed by atoms with Gasteiger partial charge < -0.3 is 9.64 Å². The van der Waals surface area contributed by atoms with E-state index in [4.69, 9.17) is 4.74 Å². The smallest absolute Gasteiger partial charge is 0.303 e. The molecule has 2 aliphatic rings. The van der Waals surface area contributed by atoms with Crippen molar-refractivity contribution in [2.24, 2.45) is 5.92 Å². The maximum Gasteiger partial charge on any atom is 0.303 e. The lowest BCUT2D eigenvalue weighted by molar-refractivity contribution is -0.172. The van der Waals surface area contributed by atoms with Gasteiger partial charge in [0.15, 0.2) is 0 Å². The molecule has 1 heterocycles. The van der Waals surface area contributed by atoms with Crippen molar-refractivity contribution in [1.29, 1.82) is 0 Å². The third-order valence-electron chi connectivity index (χ3n) is 6.00. The highest BCUT2D eigenvalue weighted by Gasteiger charge is 2.48. The molecule has 1 aromatic carbocycles. The lowest BCUT2D eigenvalue weighted by Crippen LogP contribution is -2.51. The highest BCUT2D eigenvalue weighted by Crippen LogP contribution is 2.48. The molecule has 1 saturated carbocycles. The fourth-order valence-corrected chi connectivity index (χ4v) is 4.89. The number of rotatable bonds is 5. The highest BCUT2D eigenvalue weighted by molar-refractivity contribution is 5.67. The predicted octanol–water partition coefficient (Wildman–Crippen LogP) is 4.38. The van der Waals surface area contributed by atoms with Crippen molar-refractivity contribution in [3.63, 3.8) is 0 Å². The fourth-order valence-electron chi connectivity index (χ4n) is 4.89. The number of esters is 1. The molecule has 3 unspecified atom stereocenters. The summed E-state index contributed by atoms with van der Waals surface area (Å²) in [5.74, 6) is 0.532. The lowest BCUT2D eigenvalue weighted by atomic mass is 9.66. The topological polar surface area (TPSA) is 29.5 Å². The quantitative estimate of drug-likeness (QED) is 0.751. The van der Waals surface area contributed by atoms with Crippen LogP contribution >= 0.6 is 0 Å². The number of carbonyl (C=O) groups excluding carboxylic acids is 1. The van der Waals surface area contributed by atoms with E-state index < -0.39 is 0 Å². The van der Waals surface area contributed by atoms with Gasteiger partial charge in [-0.2, -0.15) is 0 Å². The van der Waals surface area contributed by atoms with Crippen LogP contribution in [-0.4, -0.2) is 36.1 Å². The van der Waals surface area contributed by atoms with Crippen molar-refractivity contribution in [3.05, 3.63) is 35.9 Å². The zero-order valence-corrected chi connectivity index (χ0v) is 15.2. The largest absolute Gasteiger partial charge is 0.458 e. The van der Waals surface area contributed by atoms with Crippen molar-refractivity contribution in [1.82, 2.24) is 4.90 Å². The van der Waals surface area contributed by atoms with Gasteiger partial charge in [-0.1, -0.05) is 43.7 Å². The molecule has 3 heteroatoms.